The van der Waals surface area contributed by atoms with E-state index in [2.05, 4.69) is 0 Å². The zero-order valence-corrected chi connectivity index (χ0v) is 15.8. The zero-order valence-electron chi connectivity index (χ0n) is 15.8. The molecule has 1 saturated heterocycles. The highest BCUT2D eigenvalue weighted by atomic mass is 16.6. The summed E-state index contributed by atoms with van der Waals surface area (Å²) in [5.74, 6) is 0. The molecule has 140 valence electrons. The van der Waals surface area contributed by atoms with Crippen LogP contribution in [0, 0.1) is 0 Å². The van der Waals surface area contributed by atoms with Crippen molar-refractivity contribution in [3.05, 3.63) is 48.5 Å². The maximum absolute atomic E-state index is 11.1. The van der Waals surface area contributed by atoms with Crippen LogP contribution < -0.4 is 0 Å². The van der Waals surface area contributed by atoms with E-state index in [0.717, 1.165) is 27.3 Å². The molecule has 2 aromatic carbocycles. The number of hydroxylamine groups is 4. The highest BCUT2D eigenvalue weighted by molar-refractivity contribution is 6.19. The van der Waals surface area contributed by atoms with Gasteiger partial charge in [-0.3, -0.25) is 4.57 Å². The molecule has 0 atom stereocenters. The molecule has 3 heterocycles. The smallest absolute Gasteiger partial charge is 0.211 e. The Hall–Kier alpha value is -2.38. The lowest BCUT2D eigenvalue weighted by atomic mass is 9.84. The summed E-state index contributed by atoms with van der Waals surface area (Å²) >= 11 is 0. The van der Waals surface area contributed by atoms with Crippen molar-refractivity contribution in [1.82, 2.24) is 14.7 Å². The zero-order chi connectivity index (χ0) is 19.1. The average Bonchev–Trinajstić information content (AvgIpc) is 3.20. The molecule has 0 aliphatic carbocycles. The minimum Gasteiger partial charge on any atom is -0.439 e. The second-order valence-electron chi connectivity index (χ2n) is 8.32. The monoisotopic (exact) mass is 365 g/mol. The van der Waals surface area contributed by atoms with Crippen molar-refractivity contribution in [2.45, 2.75) is 45.1 Å². The van der Waals surface area contributed by atoms with Crippen LogP contribution in [0.2, 0.25) is 0 Å². The van der Waals surface area contributed by atoms with Gasteiger partial charge in [0.15, 0.2) is 6.29 Å². The van der Waals surface area contributed by atoms with Gasteiger partial charge in [0, 0.05) is 10.8 Å². The number of rotatable bonds is 1. The molecule has 1 aliphatic heterocycles. The van der Waals surface area contributed by atoms with E-state index in [1.165, 1.54) is 10.1 Å². The van der Waals surface area contributed by atoms with Crippen molar-refractivity contribution in [3.63, 3.8) is 0 Å². The number of nitrogens with zero attached hydrogens (tertiary/aromatic N) is 3. The molecule has 0 bridgehead atoms. The number of para-hydroxylation sites is 2. The molecule has 6 heteroatoms. The van der Waals surface area contributed by atoms with Crippen molar-refractivity contribution in [2.75, 3.05) is 0 Å². The third-order valence-corrected chi connectivity index (χ3v) is 6.54. The van der Waals surface area contributed by atoms with Crippen LogP contribution >= 0.6 is 0 Å². The molecular formula is C21H23N3O3. The second kappa shape index (κ2) is 5.11. The van der Waals surface area contributed by atoms with Crippen molar-refractivity contribution in [2.24, 2.45) is 0 Å². The molecule has 1 aliphatic rings. The molecule has 1 fully saturated rings. The molecule has 4 aromatic rings. The predicted octanol–water partition coefficient (Wildman–Crippen LogP) is 4.95. The van der Waals surface area contributed by atoms with E-state index in [1.807, 2.05) is 80.8 Å². The summed E-state index contributed by atoms with van der Waals surface area (Å²) in [5, 5.41) is 27.6. The van der Waals surface area contributed by atoms with E-state index < -0.39 is 17.4 Å². The second-order valence-corrected chi connectivity index (χ2v) is 8.32. The van der Waals surface area contributed by atoms with E-state index >= 15 is 0 Å². The molecular weight excluding hydrogens is 342 g/mol. The van der Waals surface area contributed by atoms with E-state index in [0.29, 0.717) is 5.71 Å². The normalized spacial score (nSPS) is 21.1. The summed E-state index contributed by atoms with van der Waals surface area (Å²) in [5.41, 5.74) is 0.946. The first-order valence-corrected chi connectivity index (χ1v) is 9.13. The average molecular weight is 365 g/mol. The third-order valence-electron chi connectivity index (χ3n) is 6.54. The fourth-order valence-electron chi connectivity index (χ4n) is 4.16. The standard InChI is InChI=1S/C21H23N3O3/c1-20(2)21(3,4)24(26)19(23(20)25)22-15-11-7-5-9-13(15)17-14-10-6-8-12-16(14)27-18(17)22/h5-12,19,25-26H,1-4H3. The van der Waals surface area contributed by atoms with Gasteiger partial charge in [-0.05, 0) is 39.8 Å². The molecule has 2 N–H and O–H groups in total. The fraction of sp³-hybridized carbons (Fsp3) is 0.333. The number of furan rings is 1. The maximum Gasteiger partial charge on any atom is 0.211 e. The molecule has 2 aromatic heterocycles. The van der Waals surface area contributed by atoms with Crippen LogP contribution in [0.3, 0.4) is 0 Å². The number of hydrogen-bond donors (Lipinski definition) is 2. The Kier molecular flexibility index (Phi) is 3.18. The summed E-state index contributed by atoms with van der Waals surface area (Å²) < 4.78 is 8.08. The Morgan fingerprint density at radius 1 is 0.815 bits per heavy atom. The first kappa shape index (κ1) is 16.8. The Labute approximate surface area is 156 Å². The number of benzene rings is 2. The summed E-state index contributed by atoms with van der Waals surface area (Å²) in [6.07, 6.45) is -0.807. The van der Waals surface area contributed by atoms with Crippen LogP contribution in [0.15, 0.2) is 52.9 Å². The molecule has 5 rings (SSSR count). The molecule has 0 unspecified atom stereocenters. The molecule has 0 amide bonds. The topological polar surface area (TPSA) is 65.0 Å². The van der Waals surface area contributed by atoms with Crippen LogP contribution in [-0.4, -0.2) is 36.2 Å². The van der Waals surface area contributed by atoms with Crippen LogP contribution in [-0.2, 0) is 0 Å². The van der Waals surface area contributed by atoms with Crippen LogP contribution in [0.5, 0.6) is 0 Å². The van der Waals surface area contributed by atoms with Gasteiger partial charge in [0.1, 0.15) is 5.58 Å². The van der Waals surface area contributed by atoms with Crippen LogP contribution in [0.4, 0.5) is 0 Å². The molecule has 27 heavy (non-hydrogen) atoms. The van der Waals surface area contributed by atoms with Gasteiger partial charge in [-0.2, -0.15) is 0 Å². The van der Waals surface area contributed by atoms with Crippen molar-refractivity contribution in [3.8, 4) is 0 Å². The van der Waals surface area contributed by atoms with Crippen molar-refractivity contribution in [1.29, 1.82) is 0 Å². The van der Waals surface area contributed by atoms with Crippen molar-refractivity contribution < 1.29 is 14.8 Å². The van der Waals surface area contributed by atoms with Gasteiger partial charge in [0.2, 0.25) is 5.71 Å². The number of hydrogen-bond acceptors (Lipinski definition) is 5. The van der Waals surface area contributed by atoms with Gasteiger partial charge in [-0.1, -0.05) is 36.4 Å². The van der Waals surface area contributed by atoms with Crippen LogP contribution in [0.1, 0.15) is 34.0 Å². The Bertz CT molecular complexity index is 1170. The Morgan fingerprint density at radius 3 is 2.04 bits per heavy atom. The summed E-state index contributed by atoms with van der Waals surface area (Å²) in [6.45, 7) is 7.66. The largest absolute Gasteiger partial charge is 0.439 e. The minimum absolute atomic E-state index is 0.633. The summed E-state index contributed by atoms with van der Waals surface area (Å²) in [7, 11) is 0. The van der Waals surface area contributed by atoms with Gasteiger partial charge in [0.25, 0.3) is 0 Å². The molecule has 0 radical (unpaired) electrons. The van der Waals surface area contributed by atoms with Gasteiger partial charge >= 0.3 is 0 Å². The predicted molar refractivity (Wildman–Crippen MR) is 104 cm³/mol. The van der Waals surface area contributed by atoms with E-state index in [-0.39, 0.29) is 0 Å². The molecule has 6 nitrogen and oxygen atoms in total. The van der Waals surface area contributed by atoms with Gasteiger partial charge in [0.05, 0.1) is 22.0 Å². The van der Waals surface area contributed by atoms with Gasteiger partial charge in [-0.25, -0.2) is 0 Å². The van der Waals surface area contributed by atoms with Crippen molar-refractivity contribution >= 4 is 33.0 Å². The molecule has 0 spiro atoms. The lowest BCUT2D eigenvalue weighted by Gasteiger charge is -2.37. The minimum atomic E-state index is -0.807. The maximum atomic E-state index is 11.1. The summed E-state index contributed by atoms with van der Waals surface area (Å²) in [6, 6.07) is 15.9. The Morgan fingerprint density at radius 2 is 1.37 bits per heavy atom. The van der Waals surface area contributed by atoms with Gasteiger partial charge < -0.3 is 14.8 Å². The van der Waals surface area contributed by atoms with E-state index in [9.17, 15) is 10.4 Å². The van der Waals surface area contributed by atoms with E-state index in [1.54, 1.807) is 0 Å². The fourth-order valence-corrected chi connectivity index (χ4v) is 4.16. The van der Waals surface area contributed by atoms with Gasteiger partial charge in [-0.15, -0.1) is 10.1 Å². The molecule has 0 saturated carbocycles. The highest BCUT2D eigenvalue weighted by Crippen LogP contribution is 2.48. The number of aromatic nitrogens is 1. The van der Waals surface area contributed by atoms with E-state index in [4.69, 9.17) is 4.42 Å². The highest BCUT2D eigenvalue weighted by Gasteiger charge is 2.59. The third kappa shape index (κ3) is 1.88. The Balaban J connectivity index is 1.90. The SMILES string of the molecule is CC1(C)N(O)C(n2c3ccccc3c3c4ccccc4oc32)N(O)C1(C)C. The first-order valence-electron chi connectivity index (χ1n) is 9.13. The quantitative estimate of drug-likeness (QED) is 0.500. The lowest BCUT2D eigenvalue weighted by molar-refractivity contribution is -0.248. The first-order chi connectivity index (χ1) is 12.8. The summed E-state index contributed by atoms with van der Waals surface area (Å²) in [4.78, 5) is 0. The van der Waals surface area contributed by atoms with Crippen LogP contribution in [0.25, 0.3) is 33.0 Å². The number of fused-ring (bicyclic) bond motifs is 5. The lowest BCUT2D eigenvalue weighted by Crippen LogP contribution is -2.52.